The molecular formula is C15H22N2O2S. The summed E-state index contributed by atoms with van der Waals surface area (Å²) in [5, 5.41) is 9.96. The van der Waals surface area contributed by atoms with Crippen LogP contribution >= 0.6 is 12.2 Å². The Bertz CT molecular complexity index is 493. The van der Waals surface area contributed by atoms with Gasteiger partial charge in [-0.15, -0.1) is 0 Å². The van der Waals surface area contributed by atoms with Crippen molar-refractivity contribution in [1.29, 1.82) is 0 Å². The first kappa shape index (κ1) is 15.2. The molecule has 1 aliphatic heterocycles. The predicted octanol–water partition coefficient (Wildman–Crippen LogP) is 1.68. The molecule has 0 unspecified atom stereocenters. The number of nitrogens with zero attached hydrogens (tertiary/aromatic N) is 1. The van der Waals surface area contributed by atoms with Gasteiger partial charge in [0.25, 0.3) is 0 Å². The molecule has 0 amide bonds. The molecule has 1 aromatic rings. The monoisotopic (exact) mass is 294 g/mol. The van der Waals surface area contributed by atoms with Gasteiger partial charge in [0.2, 0.25) is 0 Å². The van der Waals surface area contributed by atoms with Crippen LogP contribution in [-0.4, -0.2) is 40.8 Å². The number of methoxy groups -OCH3 is 1. The first-order chi connectivity index (χ1) is 9.41. The van der Waals surface area contributed by atoms with Gasteiger partial charge in [0.1, 0.15) is 10.7 Å². The van der Waals surface area contributed by atoms with Crippen LogP contribution in [0, 0.1) is 0 Å². The van der Waals surface area contributed by atoms with E-state index in [0.717, 1.165) is 43.8 Å². The molecule has 5 heteroatoms. The average molecular weight is 294 g/mol. The second-order valence-corrected chi connectivity index (χ2v) is 6.11. The highest BCUT2D eigenvalue weighted by Crippen LogP contribution is 2.25. The van der Waals surface area contributed by atoms with Crippen molar-refractivity contribution in [2.24, 2.45) is 5.73 Å². The third-order valence-electron chi connectivity index (χ3n) is 3.87. The number of rotatable bonds is 4. The molecule has 0 aromatic heterocycles. The van der Waals surface area contributed by atoms with Gasteiger partial charge < -0.3 is 15.6 Å². The third-order valence-corrected chi connectivity index (χ3v) is 4.09. The normalized spacial score (nSPS) is 18.8. The van der Waals surface area contributed by atoms with E-state index < -0.39 is 5.60 Å². The van der Waals surface area contributed by atoms with Crippen molar-refractivity contribution in [3.05, 3.63) is 29.3 Å². The summed E-state index contributed by atoms with van der Waals surface area (Å²) in [6, 6.07) is 5.93. The van der Waals surface area contributed by atoms with Crippen LogP contribution in [0.3, 0.4) is 0 Å². The van der Waals surface area contributed by atoms with E-state index in [2.05, 4.69) is 4.90 Å². The molecule has 0 radical (unpaired) electrons. The standard InChI is InChI=1S/C15H22N2O2S/c1-15(18)5-7-17(8-6-15)10-11-3-4-12(14(16)20)13(9-11)19-2/h3-4,9,18H,5-8,10H2,1-2H3,(H2,16,20). The van der Waals surface area contributed by atoms with Crippen LogP contribution in [0.4, 0.5) is 0 Å². The van der Waals surface area contributed by atoms with Crippen LogP contribution in [0.5, 0.6) is 5.75 Å². The van der Waals surface area contributed by atoms with E-state index in [1.807, 2.05) is 25.1 Å². The van der Waals surface area contributed by atoms with Gasteiger partial charge >= 0.3 is 0 Å². The topological polar surface area (TPSA) is 58.7 Å². The van der Waals surface area contributed by atoms with Gasteiger partial charge in [-0.25, -0.2) is 0 Å². The maximum atomic E-state index is 9.96. The summed E-state index contributed by atoms with van der Waals surface area (Å²) in [5.41, 5.74) is 7.10. The second-order valence-electron chi connectivity index (χ2n) is 5.67. The molecule has 1 aliphatic rings. The minimum absolute atomic E-state index is 0.349. The summed E-state index contributed by atoms with van der Waals surface area (Å²) in [7, 11) is 1.62. The highest BCUT2D eigenvalue weighted by atomic mass is 32.1. The molecule has 1 heterocycles. The number of hydrogen-bond acceptors (Lipinski definition) is 4. The minimum atomic E-state index is -0.510. The molecule has 0 aliphatic carbocycles. The molecule has 1 aromatic carbocycles. The SMILES string of the molecule is COc1cc(CN2CCC(C)(O)CC2)ccc1C(N)=S. The number of piperidine rings is 1. The lowest BCUT2D eigenvalue weighted by atomic mass is 9.93. The molecule has 1 fully saturated rings. The fourth-order valence-electron chi connectivity index (χ4n) is 2.49. The van der Waals surface area contributed by atoms with Crippen LogP contribution < -0.4 is 10.5 Å². The van der Waals surface area contributed by atoms with Crippen molar-refractivity contribution in [1.82, 2.24) is 4.90 Å². The van der Waals surface area contributed by atoms with Gasteiger partial charge in [0.15, 0.2) is 0 Å². The maximum absolute atomic E-state index is 9.96. The Morgan fingerprint density at radius 3 is 2.65 bits per heavy atom. The molecule has 0 bridgehead atoms. The van der Waals surface area contributed by atoms with E-state index in [4.69, 9.17) is 22.7 Å². The van der Waals surface area contributed by atoms with Crippen molar-refractivity contribution in [3.63, 3.8) is 0 Å². The minimum Gasteiger partial charge on any atom is -0.496 e. The Morgan fingerprint density at radius 2 is 2.10 bits per heavy atom. The molecule has 0 saturated carbocycles. The molecule has 0 atom stereocenters. The highest BCUT2D eigenvalue weighted by Gasteiger charge is 2.27. The van der Waals surface area contributed by atoms with E-state index in [-0.39, 0.29) is 0 Å². The van der Waals surface area contributed by atoms with Crippen molar-refractivity contribution >= 4 is 17.2 Å². The number of likely N-dealkylation sites (tertiary alicyclic amines) is 1. The number of aliphatic hydroxyl groups is 1. The average Bonchev–Trinajstić information content (AvgIpc) is 2.40. The van der Waals surface area contributed by atoms with Crippen LogP contribution in [0.1, 0.15) is 30.9 Å². The van der Waals surface area contributed by atoms with Gasteiger partial charge in [0, 0.05) is 19.6 Å². The highest BCUT2D eigenvalue weighted by molar-refractivity contribution is 7.80. The summed E-state index contributed by atoms with van der Waals surface area (Å²) in [6.45, 7) is 4.58. The van der Waals surface area contributed by atoms with Crippen LogP contribution in [0.25, 0.3) is 0 Å². The number of nitrogens with two attached hydrogens (primary N) is 1. The second kappa shape index (κ2) is 6.08. The van der Waals surface area contributed by atoms with E-state index >= 15 is 0 Å². The van der Waals surface area contributed by atoms with Crippen molar-refractivity contribution < 1.29 is 9.84 Å². The predicted molar refractivity (Wildman–Crippen MR) is 84.0 cm³/mol. The summed E-state index contributed by atoms with van der Waals surface area (Å²) >= 11 is 5.01. The Kier molecular flexibility index (Phi) is 4.62. The van der Waals surface area contributed by atoms with Crippen molar-refractivity contribution in [2.45, 2.75) is 31.9 Å². The molecule has 4 nitrogen and oxygen atoms in total. The first-order valence-corrected chi connectivity index (χ1v) is 7.23. The zero-order chi connectivity index (χ0) is 14.8. The maximum Gasteiger partial charge on any atom is 0.129 e. The smallest absolute Gasteiger partial charge is 0.129 e. The number of thiocarbonyl (C=S) groups is 1. The molecule has 20 heavy (non-hydrogen) atoms. The van der Waals surface area contributed by atoms with Crippen molar-refractivity contribution in [3.8, 4) is 5.75 Å². The van der Waals surface area contributed by atoms with E-state index in [1.165, 1.54) is 5.56 Å². The van der Waals surface area contributed by atoms with Gasteiger partial charge in [-0.3, -0.25) is 4.90 Å². The Morgan fingerprint density at radius 1 is 1.45 bits per heavy atom. The quantitative estimate of drug-likeness (QED) is 0.827. The Hall–Kier alpha value is -1.17. The number of hydrogen-bond donors (Lipinski definition) is 2. The van der Waals surface area contributed by atoms with Gasteiger partial charge in [-0.1, -0.05) is 18.3 Å². The fourth-order valence-corrected chi connectivity index (χ4v) is 2.66. The number of ether oxygens (including phenoxy) is 1. The van der Waals surface area contributed by atoms with Crippen LogP contribution in [0.15, 0.2) is 18.2 Å². The molecule has 0 spiro atoms. The summed E-state index contributed by atoms with van der Waals surface area (Å²) < 4.78 is 5.34. The summed E-state index contributed by atoms with van der Waals surface area (Å²) in [6.07, 6.45) is 1.63. The molecule has 1 saturated heterocycles. The Labute approximate surface area is 125 Å². The largest absolute Gasteiger partial charge is 0.496 e. The van der Waals surface area contributed by atoms with Gasteiger partial charge in [-0.2, -0.15) is 0 Å². The fraction of sp³-hybridized carbons (Fsp3) is 0.533. The molecular weight excluding hydrogens is 272 g/mol. The number of benzene rings is 1. The Balaban J connectivity index is 2.05. The van der Waals surface area contributed by atoms with Gasteiger partial charge in [0.05, 0.1) is 18.3 Å². The van der Waals surface area contributed by atoms with Gasteiger partial charge in [-0.05, 0) is 37.5 Å². The molecule has 110 valence electrons. The van der Waals surface area contributed by atoms with Crippen LogP contribution in [-0.2, 0) is 6.54 Å². The summed E-state index contributed by atoms with van der Waals surface area (Å²) in [4.78, 5) is 2.69. The van der Waals surface area contributed by atoms with E-state index in [9.17, 15) is 5.11 Å². The summed E-state index contributed by atoms with van der Waals surface area (Å²) in [5.74, 6) is 0.721. The third kappa shape index (κ3) is 3.69. The van der Waals surface area contributed by atoms with Crippen LogP contribution in [0.2, 0.25) is 0 Å². The lowest BCUT2D eigenvalue weighted by Crippen LogP contribution is -2.41. The lowest BCUT2D eigenvalue weighted by Gasteiger charge is -2.35. The first-order valence-electron chi connectivity index (χ1n) is 6.83. The van der Waals surface area contributed by atoms with E-state index in [1.54, 1.807) is 7.11 Å². The zero-order valence-electron chi connectivity index (χ0n) is 12.1. The zero-order valence-corrected chi connectivity index (χ0v) is 12.9. The molecule has 3 N–H and O–H groups in total. The van der Waals surface area contributed by atoms with Crippen molar-refractivity contribution in [2.75, 3.05) is 20.2 Å². The van der Waals surface area contributed by atoms with E-state index in [0.29, 0.717) is 4.99 Å². The lowest BCUT2D eigenvalue weighted by molar-refractivity contribution is -0.00731. The molecule has 2 rings (SSSR count).